The number of ether oxygens (including phenoxy) is 2. The van der Waals surface area contributed by atoms with E-state index in [1.807, 2.05) is 0 Å². The Morgan fingerprint density at radius 3 is 2.40 bits per heavy atom. The van der Waals surface area contributed by atoms with Crippen molar-refractivity contribution in [3.05, 3.63) is 16.9 Å². The molecule has 1 aromatic heterocycles. The Labute approximate surface area is 112 Å². The highest BCUT2D eigenvalue weighted by Gasteiger charge is 2.31. The molecular formula is C10H11N5O5. The smallest absolute Gasteiger partial charge is 0.361 e. The monoisotopic (exact) mass is 281 g/mol. The highest BCUT2D eigenvalue weighted by Crippen LogP contribution is 2.14. The van der Waals surface area contributed by atoms with Crippen LogP contribution in [0.3, 0.4) is 0 Å². The van der Waals surface area contributed by atoms with Crippen LogP contribution in [0.4, 0.5) is 0 Å². The van der Waals surface area contributed by atoms with Crippen molar-refractivity contribution in [2.24, 2.45) is 0 Å². The molecule has 0 aromatic carbocycles. The van der Waals surface area contributed by atoms with Crippen LogP contribution in [-0.2, 0) is 14.3 Å². The number of carbonyl (C=O) groups excluding carboxylic acids is 3. The summed E-state index contributed by atoms with van der Waals surface area (Å²) in [5, 5.41) is 7.06. The average Bonchev–Trinajstić information content (AvgIpc) is 2.89. The number of rotatable bonds is 5. The van der Waals surface area contributed by atoms with Crippen molar-refractivity contribution >= 4 is 23.9 Å². The van der Waals surface area contributed by atoms with Gasteiger partial charge in [0.2, 0.25) is 5.69 Å². The minimum absolute atomic E-state index is 0.327. The molecule has 0 radical (unpaired) electrons. The second-order valence-electron chi connectivity index (χ2n) is 3.54. The molecular weight excluding hydrogens is 270 g/mol. The van der Waals surface area contributed by atoms with E-state index >= 15 is 0 Å². The van der Waals surface area contributed by atoms with Crippen molar-refractivity contribution < 1.29 is 28.6 Å². The predicted molar refractivity (Wildman–Crippen MR) is 62.1 cm³/mol. The first-order valence-corrected chi connectivity index (χ1v) is 5.31. The number of aromatic nitrogens is 3. The van der Waals surface area contributed by atoms with Gasteiger partial charge >= 0.3 is 18.2 Å². The first kappa shape index (κ1) is 15.2. The van der Waals surface area contributed by atoms with E-state index in [2.05, 4.69) is 24.6 Å². The van der Waals surface area contributed by atoms with Gasteiger partial charge in [-0.25, -0.2) is 14.3 Å². The number of esters is 2. The Balaban J connectivity index is 3.37. The summed E-state index contributed by atoms with van der Waals surface area (Å²) < 4.78 is 9.87. The van der Waals surface area contributed by atoms with Gasteiger partial charge in [-0.05, 0) is 6.92 Å². The van der Waals surface area contributed by atoms with Crippen molar-refractivity contribution in [3.63, 3.8) is 0 Å². The van der Waals surface area contributed by atoms with Crippen molar-refractivity contribution in [2.45, 2.75) is 13.0 Å². The molecule has 1 aromatic rings. The van der Waals surface area contributed by atoms with Crippen LogP contribution >= 0.6 is 0 Å². The van der Waals surface area contributed by atoms with Crippen molar-refractivity contribution in [2.75, 3.05) is 14.2 Å². The van der Waals surface area contributed by atoms with Crippen LogP contribution in [0.25, 0.3) is 5.53 Å². The third kappa shape index (κ3) is 2.75. The zero-order valence-electron chi connectivity index (χ0n) is 10.9. The topological polar surface area (TPSA) is 137 Å². The van der Waals surface area contributed by atoms with Crippen LogP contribution in [0.1, 0.15) is 33.9 Å². The fourth-order valence-electron chi connectivity index (χ4n) is 1.37. The van der Waals surface area contributed by atoms with Crippen LogP contribution in [-0.4, -0.2) is 57.9 Å². The van der Waals surface area contributed by atoms with Crippen molar-refractivity contribution in [3.8, 4) is 0 Å². The molecule has 1 atom stereocenters. The lowest BCUT2D eigenvalue weighted by molar-refractivity contribution is -0.118. The molecule has 0 saturated heterocycles. The van der Waals surface area contributed by atoms with Crippen molar-refractivity contribution in [1.82, 2.24) is 15.0 Å². The number of carbonyl (C=O) groups is 3. The summed E-state index contributed by atoms with van der Waals surface area (Å²) in [6, 6.07) is -1.02. The summed E-state index contributed by atoms with van der Waals surface area (Å²) in [4.78, 5) is 37.4. The highest BCUT2D eigenvalue weighted by molar-refractivity contribution is 6.26. The predicted octanol–water partition coefficient (Wildman–Crippen LogP) is -0.718. The molecule has 10 nitrogen and oxygen atoms in total. The zero-order chi connectivity index (χ0) is 15.3. The van der Waals surface area contributed by atoms with Crippen LogP contribution < -0.4 is 0 Å². The third-order valence-electron chi connectivity index (χ3n) is 2.42. The molecule has 0 aliphatic rings. The molecule has 1 rings (SSSR count). The number of Topliss-reactive ketones (excluding diaryl/α,β-unsaturated/α-hetero) is 1. The van der Waals surface area contributed by atoms with E-state index in [1.54, 1.807) is 0 Å². The Morgan fingerprint density at radius 2 is 1.90 bits per heavy atom. The number of nitrogens with zero attached hydrogens (tertiary/aromatic N) is 5. The Morgan fingerprint density at radius 1 is 1.30 bits per heavy atom. The molecule has 0 amide bonds. The number of hydrogen-bond acceptors (Lipinski definition) is 7. The van der Waals surface area contributed by atoms with E-state index in [0.717, 1.165) is 18.9 Å². The van der Waals surface area contributed by atoms with Crippen LogP contribution in [0.2, 0.25) is 0 Å². The molecule has 1 heterocycles. The van der Waals surface area contributed by atoms with Gasteiger partial charge < -0.3 is 15.0 Å². The van der Waals surface area contributed by atoms with Gasteiger partial charge in [-0.1, -0.05) is 5.21 Å². The van der Waals surface area contributed by atoms with Crippen molar-refractivity contribution in [1.29, 1.82) is 0 Å². The van der Waals surface area contributed by atoms with Gasteiger partial charge in [0.1, 0.15) is 6.04 Å². The molecule has 0 saturated carbocycles. The van der Waals surface area contributed by atoms with E-state index in [-0.39, 0.29) is 11.4 Å². The second-order valence-corrected chi connectivity index (χ2v) is 3.54. The van der Waals surface area contributed by atoms with Gasteiger partial charge in [0.15, 0.2) is 5.69 Å². The van der Waals surface area contributed by atoms with Crippen LogP contribution in [0.15, 0.2) is 0 Å². The average molecular weight is 281 g/mol. The number of methoxy groups -OCH3 is 2. The van der Waals surface area contributed by atoms with Crippen LogP contribution in [0, 0.1) is 0 Å². The molecule has 0 aliphatic carbocycles. The van der Waals surface area contributed by atoms with Gasteiger partial charge in [0.05, 0.1) is 14.2 Å². The van der Waals surface area contributed by atoms with Gasteiger partial charge in [0.25, 0.3) is 5.78 Å². The fraction of sp³-hybridized carbons (Fsp3) is 0.400. The fourth-order valence-corrected chi connectivity index (χ4v) is 1.37. The summed E-state index contributed by atoms with van der Waals surface area (Å²) in [6.07, 6.45) is 0.644. The summed E-state index contributed by atoms with van der Waals surface area (Å²) >= 11 is 0. The highest BCUT2D eigenvalue weighted by atomic mass is 16.5. The van der Waals surface area contributed by atoms with E-state index in [4.69, 9.17) is 5.53 Å². The molecule has 0 fully saturated rings. The molecule has 1 unspecified atom stereocenters. The lowest BCUT2D eigenvalue weighted by Gasteiger charge is -2.09. The molecule has 20 heavy (non-hydrogen) atoms. The van der Waals surface area contributed by atoms with Gasteiger partial charge in [-0.2, -0.15) is 4.79 Å². The van der Waals surface area contributed by atoms with E-state index in [1.165, 1.54) is 6.92 Å². The largest absolute Gasteiger partial charge is 0.464 e. The molecule has 0 spiro atoms. The van der Waals surface area contributed by atoms with Crippen LogP contribution in [0.5, 0.6) is 0 Å². The molecule has 0 bridgehead atoms. The molecule has 10 heteroatoms. The summed E-state index contributed by atoms with van der Waals surface area (Å²) in [5.41, 5.74) is 7.62. The minimum Gasteiger partial charge on any atom is -0.464 e. The first-order valence-electron chi connectivity index (χ1n) is 5.31. The van der Waals surface area contributed by atoms with Gasteiger partial charge in [-0.3, -0.25) is 4.79 Å². The zero-order valence-corrected chi connectivity index (χ0v) is 10.9. The number of hydrogen-bond donors (Lipinski definition) is 0. The second kappa shape index (κ2) is 6.34. The first-order chi connectivity index (χ1) is 9.47. The third-order valence-corrected chi connectivity index (χ3v) is 2.42. The van der Waals surface area contributed by atoms with E-state index in [0.29, 0.717) is 6.21 Å². The van der Waals surface area contributed by atoms with Gasteiger partial charge in [0, 0.05) is 0 Å². The Bertz CT molecular complexity index is 601. The summed E-state index contributed by atoms with van der Waals surface area (Å²) in [5.74, 6) is -2.46. The lowest BCUT2D eigenvalue weighted by atomic mass is 10.2. The molecule has 106 valence electrons. The van der Waals surface area contributed by atoms with Gasteiger partial charge in [-0.15, -0.1) is 5.10 Å². The SMILES string of the molecule is COC(=O)c1nnn(C(C)C(=O)C=[N+]=[N-])c1C(=O)OC. The normalized spacial score (nSPS) is 11.2. The lowest BCUT2D eigenvalue weighted by Crippen LogP contribution is -2.24. The summed E-state index contributed by atoms with van der Waals surface area (Å²) in [6.45, 7) is 1.38. The maximum absolute atomic E-state index is 11.7. The standard InChI is InChI=1S/C10H11N5O5/c1-5(6(16)4-12-11)15-8(10(18)20-3)7(13-14-15)9(17)19-2/h4-5H,1-3H3. The Kier molecular flexibility index (Phi) is 4.82. The number of ketones is 1. The summed E-state index contributed by atoms with van der Waals surface area (Å²) in [7, 11) is 2.21. The van der Waals surface area contributed by atoms with E-state index < -0.39 is 23.8 Å². The van der Waals surface area contributed by atoms with E-state index in [9.17, 15) is 14.4 Å². The maximum atomic E-state index is 11.7. The minimum atomic E-state index is -1.02. The quantitative estimate of drug-likeness (QED) is 0.300. The Hall–Kier alpha value is -2.87. The maximum Gasteiger partial charge on any atom is 0.361 e. The molecule has 0 N–H and O–H groups in total. The molecule has 0 aliphatic heterocycles.